The van der Waals surface area contributed by atoms with E-state index in [9.17, 15) is 4.79 Å². The lowest BCUT2D eigenvalue weighted by atomic mass is 9.87. The number of carbonyl (C=O) groups excluding carboxylic acids is 1. The molecule has 0 saturated carbocycles. The van der Waals surface area contributed by atoms with E-state index in [2.05, 4.69) is 80.1 Å². The first-order valence-corrected chi connectivity index (χ1v) is 15.6. The number of carbonyl (C=O) groups is 1. The second-order valence-corrected chi connectivity index (χ2v) is 11.6. The summed E-state index contributed by atoms with van der Waals surface area (Å²) in [6.45, 7) is 11.2. The number of esters is 1. The summed E-state index contributed by atoms with van der Waals surface area (Å²) >= 11 is 0. The summed E-state index contributed by atoms with van der Waals surface area (Å²) in [6.07, 6.45) is 6.99. The van der Waals surface area contributed by atoms with Crippen LogP contribution in [0.4, 0.5) is 5.82 Å². The molecule has 0 N–H and O–H groups in total. The highest BCUT2D eigenvalue weighted by Gasteiger charge is 2.31. The fourth-order valence-corrected chi connectivity index (χ4v) is 6.80. The van der Waals surface area contributed by atoms with E-state index in [0.29, 0.717) is 12.6 Å². The summed E-state index contributed by atoms with van der Waals surface area (Å²) in [5, 5.41) is 0. The number of rotatable bonds is 9. The third-order valence-corrected chi connectivity index (χ3v) is 9.11. The molecule has 0 spiro atoms. The highest BCUT2D eigenvalue weighted by atomic mass is 16.5. The second kappa shape index (κ2) is 13.2. The van der Waals surface area contributed by atoms with Gasteiger partial charge in [0, 0.05) is 42.5 Å². The topological polar surface area (TPSA) is 58.6 Å². The first-order chi connectivity index (χ1) is 19.9. The van der Waals surface area contributed by atoms with Crippen molar-refractivity contribution >= 4 is 11.8 Å². The molecule has 1 fully saturated rings. The van der Waals surface area contributed by atoms with Gasteiger partial charge in [0.25, 0.3) is 0 Å². The molecule has 2 aliphatic rings. The predicted octanol–water partition coefficient (Wildman–Crippen LogP) is 6.87. The van der Waals surface area contributed by atoms with Crippen molar-refractivity contribution in [2.45, 2.75) is 85.2 Å². The Balaban J connectivity index is 1.52. The number of benzene rings is 2. The molecule has 6 nitrogen and oxygen atoms in total. The Morgan fingerprint density at radius 1 is 0.976 bits per heavy atom. The van der Waals surface area contributed by atoms with Crippen LogP contribution in [0.5, 0.6) is 0 Å². The van der Waals surface area contributed by atoms with E-state index in [1.54, 1.807) is 0 Å². The molecule has 2 aromatic carbocycles. The van der Waals surface area contributed by atoms with Gasteiger partial charge < -0.3 is 9.64 Å². The van der Waals surface area contributed by atoms with E-state index in [0.717, 1.165) is 75.5 Å². The zero-order chi connectivity index (χ0) is 28.9. The van der Waals surface area contributed by atoms with Crippen LogP contribution in [0.25, 0.3) is 11.4 Å². The van der Waals surface area contributed by atoms with Crippen LogP contribution in [-0.2, 0) is 35.3 Å². The average molecular weight is 555 g/mol. The van der Waals surface area contributed by atoms with Crippen molar-refractivity contribution < 1.29 is 9.53 Å². The van der Waals surface area contributed by atoms with Crippen LogP contribution in [0.3, 0.4) is 0 Å². The van der Waals surface area contributed by atoms with Gasteiger partial charge in [-0.15, -0.1) is 0 Å². The minimum atomic E-state index is -0.0629. The number of anilines is 1. The third kappa shape index (κ3) is 6.18. The van der Waals surface area contributed by atoms with Gasteiger partial charge in [0.1, 0.15) is 5.82 Å². The van der Waals surface area contributed by atoms with Crippen molar-refractivity contribution in [1.29, 1.82) is 0 Å². The lowest BCUT2D eigenvalue weighted by molar-refractivity contribution is -0.148. The van der Waals surface area contributed by atoms with Gasteiger partial charge in [0.15, 0.2) is 5.82 Å². The van der Waals surface area contributed by atoms with Crippen LogP contribution in [-0.4, -0.2) is 47.6 Å². The van der Waals surface area contributed by atoms with Crippen LogP contribution < -0.4 is 4.90 Å². The monoisotopic (exact) mass is 554 g/mol. The molecule has 0 bridgehead atoms. The Morgan fingerprint density at radius 3 is 2.37 bits per heavy atom. The van der Waals surface area contributed by atoms with Gasteiger partial charge in [-0.25, -0.2) is 9.97 Å². The summed E-state index contributed by atoms with van der Waals surface area (Å²) in [4.78, 5) is 27.9. The predicted molar refractivity (Wildman–Crippen MR) is 166 cm³/mol. The first-order valence-electron chi connectivity index (χ1n) is 15.6. The molecule has 2 heterocycles. The number of hydrogen-bond donors (Lipinski definition) is 0. The Kier molecular flexibility index (Phi) is 9.39. The summed E-state index contributed by atoms with van der Waals surface area (Å²) in [5.74, 6) is 1.76. The van der Waals surface area contributed by atoms with E-state index in [1.165, 1.54) is 39.8 Å². The molecule has 6 heteroatoms. The molecule has 1 aliphatic heterocycles. The summed E-state index contributed by atoms with van der Waals surface area (Å²) in [5.41, 5.74) is 8.94. The van der Waals surface area contributed by atoms with Gasteiger partial charge in [-0.3, -0.25) is 9.69 Å². The number of fused-ring (bicyclic) bond motifs is 1. The molecule has 1 saturated heterocycles. The Hall–Kier alpha value is -3.25. The molecule has 1 aliphatic carbocycles. The van der Waals surface area contributed by atoms with Crippen LogP contribution in [0, 0.1) is 12.8 Å². The van der Waals surface area contributed by atoms with E-state index in [-0.39, 0.29) is 11.9 Å². The van der Waals surface area contributed by atoms with Crippen molar-refractivity contribution in [3.63, 3.8) is 0 Å². The quantitative estimate of drug-likeness (QED) is 0.269. The summed E-state index contributed by atoms with van der Waals surface area (Å²) in [6, 6.07) is 15.9. The van der Waals surface area contributed by atoms with Gasteiger partial charge in [-0.2, -0.15) is 0 Å². The first kappa shape index (κ1) is 29.2. The molecule has 3 aromatic rings. The van der Waals surface area contributed by atoms with Crippen molar-refractivity contribution in [3.8, 4) is 11.4 Å². The van der Waals surface area contributed by atoms with Crippen molar-refractivity contribution in [3.05, 3.63) is 76.0 Å². The van der Waals surface area contributed by atoms with Crippen LogP contribution >= 0.6 is 0 Å². The molecular formula is C35H46N4O2. The molecule has 5 rings (SSSR count). The molecule has 0 radical (unpaired) electrons. The molecular weight excluding hydrogens is 508 g/mol. The third-order valence-electron chi connectivity index (χ3n) is 9.11. The fourth-order valence-electron chi connectivity index (χ4n) is 6.80. The minimum Gasteiger partial charge on any atom is -0.466 e. The van der Waals surface area contributed by atoms with Crippen LogP contribution in [0.1, 0.15) is 86.0 Å². The molecule has 0 unspecified atom stereocenters. The number of ether oxygens (including phenoxy) is 1. The van der Waals surface area contributed by atoms with E-state index in [1.807, 2.05) is 6.92 Å². The molecule has 1 atom stereocenters. The zero-order valence-electron chi connectivity index (χ0n) is 25.6. The van der Waals surface area contributed by atoms with Gasteiger partial charge in [0.2, 0.25) is 0 Å². The van der Waals surface area contributed by atoms with E-state index < -0.39 is 0 Å². The van der Waals surface area contributed by atoms with E-state index >= 15 is 0 Å². The standard InChI is InChI=1S/C35H46N4O2/c1-6-25-14-11-15-26(7-2)32(25)33-36-24(4)30(23-38(5)31-18-12-16-27-13-9-10-17-29(27)31)34(37-33)39-21-19-28(20-22-39)35(40)41-8-3/h9-11,13-15,17,28,31H,6-8,12,16,18-23H2,1-5H3/t31-/m0/s1. The van der Waals surface area contributed by atoms with Gasteiger partial charge >= 0.3 is 5.97 Å². The molecule has 41 heavy (non-hydrogen) atoms. The van der Waals surface area contributed by atoms with Crippen molar-refractivity contribution in [2.75, 3.05) is 31.6 Å². The Morgan fingerprint density at radius 2 is 1.68 bits per heavy atom. The lowest BCUT2D eigenvalue weighted by Crippen LogP contribution is -2.38. The lowest BCUT2D eigenvalue weighted by Gasteiger charge is -2.36. The number of aromatic nitrogens is 2. The second-order valence-electron chi connectivity index (χ2n) is 11.6. The largest absolute Gasteiger partial charge is 0.466 e. The molecule has 218 valence electrons. The normalized spacial score (nSPS) is 17.5. The maximum Gasteiger partial charge on any atom is 0.309 e. The molecule has 0 amide bonds. The molecule has 1 aromatic heterocycles. The Labute approximate surface area is 246 Å². The van der Waals surface area contributed by atoms with Crippen molar-refractivity contribution in [2.24, 2.45) is 5.92 Å². The SMILES string of the molecule is CCOC(=O)C1CCN(c2nc(-c3c(CC)cccc3CC)nc(C)c2CN(C)[C@H]2CCCc3ccccc32)CC1. The number of nitrogens with zero attached hydrogens (tertiary/aromatic N) is 4. The Bertz CT molecular complexity index is 1340. The zero-order valence-corrected chi connectivity index (χ0v) is 25.6. The average Bonchev–Trinajstić information content (AvgIpc) is 3.01. The highest BCUT2D eigenvalue weighted by molar-refractivity contribution is 5.73. The summed E-state index contributed by atoms with van der Waals surface area (Å²) in [7, 11) is 2.25. The number of hydrogen-bond acceptors (Lipinski definition) is 6. The van der Waals surface area contributed by atoms with Gasteiger partial charge in [-0.1, -0.05) is 56.3 Å². The number of aryl methyl sites for hydroxylation is 4. The number of piperidine rings is 1. The van der Waals surface area contributed by atoms with Crippen LogP contribution in [0.15, 0.2) is 42.5 Å². The van der Waals surface area contributed by atoms with Crippen LogP contribution in [0.2, 0.25) is 0 Å². The maximum atomic E-state index is 12.5. The van der Waals surface area contributed by atoms with E-state index in [4.69, 9.17) is 14.7 Å². The van der Waals surface area contributed by atoms with Gasteiger partial charge in [-0.05, 0) is 88.1 Å². The summed E-state index contributed by atoms with van der Waals surface area (Å²) < 4.78 is 5.35. The highest BCUT2D eigenvalue weighted by Crippen LogP contribution is 2.37. The van der Waals surface area contributed by atoms with Crippen molar-refractivity contribution in [1.82, 2.24) is 14.9 Å². The minimum absolute atomic E-state index is 0.0361. The maximum absolute atomic E-state index is 12.5. The smallest absolute Gasteiger partial charge is 0.309 e. The van der Waals surface area contributed by atoms with Gasteiger partial charge in [0.05, 0.1) is 12.5 Å². The fraction of sp³-hybridized carbons (Fsp3) is 0.514.